The van der Waals surface area contributed by atoms with Crippen LogP contribution in [0.15, 0.2) is 23.1 Å². The fourth-order valence-electron chi connectivity index (χ4n) is 3.25. The minimum atomic E-state index is -0.0294. The standard InChI is InChI=1S/C19H27N3O/c1-5-21-12-9-14-13-15(19(2,3)4)20-17(16(14)18(21)23)22-10-7-6-8-11-22/h9,12-13H,5-8,10-11H2,1-4H3. The van der Waals surface area contributed by atoms with Crippen LogP contribution in [0.1, 0.15) is 52.7 Å². The molecule has 0 radical (unpaired) electrons. The lowest BCUT2D eigenvalue weighted by atomic mass is 9.90. The maximum Gasteiger partial charge on any atom is 0.262 e. The predicted molar refractivity (Wildman–Crippen MR) is 96.4 cm³/mol. The molecule has 0 saturated carbocycles. The summed E-state index contributed by atoms with van der Waals surface area (Å²) in [6.45, 7) is 11.2. The van der Waals surface area contributed by atoms with Crippen molar-refractivity contribution < 1.29 is 0 Å². The van der Waals surface area contributed by atoms with Crippen molar-refractivity contribution in [2.75, 3.05) is 18.0 Å². The number of aromatic nitrogens is 2. The van der Waals surface area contributed by atoms with Crippen molar-refractivity contribution in [2.24, 2.45) is 0 Å². The smallest absolute Gasteiger partial charge is 0.262 e. The van der Waals surface area contributed by atoms with Crippen molar-refractivity contribution in [3.63, 3.8) is 0 Å². The highest BCUT2D eigenvalue weighted by molar-refractivity contribution is 5.92. The summed E-state index contributed by atoms with van der Waals surface area (Å²) in [5, 5.41) is 1.80. The van der Waals surface area contributed by atoms with E-state index in [0.717, 1.165) is 35.4 Å². The number of pyridine rings is 2. The molecule has 0 bridgehead atoms. The van der Waals surface area contributed by atoms with Gasteiger partial charge in [0.1, 0.15) is 5.82 Å². The van der Waals surface area contributed by atoms with Gasteiger partial charge in [0.05, 0.1) is 5.39 Å². The molecule has 1 aliphatic heterocycles. The van der Waals surface area contributed by atoms with Gasteiger partial charge in [-0.2, -0.15) is 0 Å². The predicted octanol–water partition coefficient (Wildman–Crippen LogP) is 3.70. The quantitative estimate of drug-likeness (QED) is 0.848. The van der Waals surface area contributed by atoms with Crippen LogP contribution in [0.5, 0.6) is 0 Å². The average Bonchev–Trinajstić information content (AvgIpc) is 2.54. The van der Waals surface area contributed by atoms with Crippen LogP contribution in [0.25, 0.3) is 10.8 Å². The highest BCUT2D eigenvalue weighted by Crippen LogP contribution is 2.30. The molecule has 3 heterocycles. The molecule has 0 amide bonds. The minimum absolute atomic E-state index is 0.0294. The van der Waals surface area contributed by atoms with Gasteiger partial charge in [-0.1, -0.05) is 20.8 Å². The molecule has 23 heavy (non-hydrogen) atoms. The number of piperidine rings is 1. The summed E-state index contributed by atoms with van der Waals surface area (Å²) in [4.78, 5) is 20.1. The number of hydrogen-bond acceptors (Lipinski definition) is 3. The topological polar surface area (TPSA) is 38.1 Å². The summed E-state index contributed by atoms with van der Waals surface area (Å²) in [6, 6.07) is 4.15. The van der Waals surface area contributed by atoms with E-state index in [1.165, 1.54) is 19.3 Å². The molecule has 124 valence electrons. The summed E-state index contributed by atoms with van der Waals surface area (Å²) in [5.41, 5.74) is 1.11. The molecule has 0 atom stereocenters. The van der Waals surface area contributed by atoms with Crippen LogP contribution in [0.2, 0.25) is 0 Å². The van der Waals surface area contributed by atoms with Gasteiger partial charge in [0.25, 0.3) is 5.56 Å². The molecule has 1 aliphatic rings. The van der Waals surface area contributed by atoms with E-state index in [4.69, 9.17) is 4.98 Å². The second kappa shape index (κ2) is 5.99. The summed E-state index contributed by atoms with van der Waals surface area (Å²) >= 11 is 0. The molecule has 4 heteroatoms. The Morgan fingerprint density at radius 3 is 2.48 bits per heavy atom. The second-order valence-corrected chi connectivity index (χ2v) is 7.50. The van der Waals surface area contributed by atoms with E-state index in [9.17, 15) is 4.79 Å². The Balaban J connectivity index is 2.29. The van der Waals surface area contributed by atoms with Gasteiger partial charge in [-0.3, -0.25) is 4.79 Å². The van der Waals surface area contributed by atoms with E-state index < -0.39 is 0 Å². The maximum absolute atomic E-state index is 12.9. The summed E-state index contributed by atoms with van der Waals surface area (Å²) in [7, 11) is 0. The minimum Gasteiger partial charge on any atom is -0.356 e. The molecule has 0 aromatic carbocycles. The molecule has 2 aromatic rings. The molecule has 0 aliphatic carbocycles. The van der Waals surface area contributed by atoms with Crippen LogP contribution < -0.4 is 10.5 Å². The van der Waals surface area contributed by atoms with Crippen LogP contribution in [-0.2, 0) is 12.0 Å². The molecule has 0 unspecified atom stereocenters. The van der Waals surface area contributed by atoms with Crippen molar-refractivity contribution in [1.82, 2.24) is 9.55 Å². The fourth-order valence-corrected chi connectivity index (χ4v) is 3.25. The van der Waals surface area contributed by atoms with Gasteiger partial charge in [-0.15, -0.1) is 0 Å². The van der Waals surface area contributed by atoms with Crippen molar-refractivity contribution in [1.29, 1.82) is 0 Å². The lowest BCUT2D eigenvalue weighted by Crippen LogP contribution is -2.33. The Morgan fingerprint density at radius 1 is 1.17 bits per heavy atom. The normalized spacial score (nSPS) is 16.1. The Morgan fingerprint density at radius 2 is 1.87 bits per heavy atom. The van der Waals surface area contributed by atoms with Gasteiger partial charge in [0.2, 0.25) is 0 Å². The van der Waals surface area contributed by atoms with E-state index in [-0.39, 0.29) is 11.0 Å². The Labute approximate surface area is 138 Å². The molecule has 4 nitrogen and oxygen atoms in total. The SMILES string of the molecule is CCn1ccc2cc(C(C)(C)C)nc(N3CCCCC3)c2c1=O. The summed E-state index contributed by atoms with van der Waals surface area (Å²) in [5.74, 6) is 0.889. The number of rotatable bonds is 2. The van der Waals surface area contributed by atoms with Crippen LogP contribution in [0.4, 0.5) is 5.82 Å². The molecule has 0 N–H and O–H groups in total. The van der Waals surface area contributed by atoms with Crippen molar-refractivity contribution in [3.8, 4) is 0 Å². The Bertz CT molecular complexity index is 765. The van der Waals surface area contributed by atoms with Crippen molar-refractivity contribution in [3.05, 3.63) is 34.4 Å². The largest absolute Gasteiger partial charge is 0.356 e. The van der Waals surface area contributed by atoms with Crippen molar-refractivity contribution in [2.45, 2.75) is 58.9 Å². The zero-order chi connectivity index (χ0) is 16.6. The highest BCUT2D eigenvalue weighted by Gasteiger charge is 2.23. The van der Waals surface area contributed by atoms with Crippen LogP contribution in [0.3, 0.4) is 0 Å². The second-order valence-electron chi connectivity index (χ2n) is 7.50. The monoisotopic (exact) mass is 313 g/mol. The Kier molecular flexibility index (Phi) is 4.17. The summed E-state index contributed by atoms with van der Waals surface area (Å²) in [6.07, 6.45) is 5.53. The lowest BCUT2D eigenvalue weighted by Gasteiger charge is -2.30. The molecular formula is C19H27N3O. The van der Waals surface area contributed by atoms with Gasteiger partial charge >= 0.3 is 0 Å². The molecule has 0 spiro atoms. The first-order chi connectivity index (χ1) is 10.9. The van der Waals surface area contributed by atoms with E-state index in [1.807, 2.05) is 13.1 Å². The van der Waals surface area contributed by atoms with Gasteiger partial charge < -0.3 is 9.47 Å². The van der Waals surface area contributed by atoms with E-state index in [2.05, 4.69) is 37.8 Å². The lowest BCUT2D eigenvalue weighted by molar-refractivity contribution is 0.555. The van der Waals surface area contributed by atoms with Crippen LogP contribution >= 0.6 is 0 Å². The van der Waals surface area contributed by atoms with Gasteiger partial charge in [-0.05, 0) is 43.7 Å². The molecular weight excluding hydrogens is 286 g/mol. The number of fused-ring (bicyclic) bond motifs is 1. The number of nitrogens with zero attached hydrogens (tertiary/aromatic N) is 3. The number of anilines is 1. The van der Waals surface area contributed by atoms with Crippen LogP contribution in [0, 0.1) is 0 Å². The van der Waals surface area contributed by atoms with E-state index >= 15 is 0 Å². The number of hydrogen-bond donors (Lipinski definition) is 0. The first kappa shape index (κ1) is 16.0. The third-order valence-corrected chi connectivity index (χ3v) is 4.70. The van der Waals surface area contributed by atoms with E-state index in [0.29, 0.717) is 6.54 Å². The zero-order valence-electron chi connectivity index (χ0n) is 14.7. The third-order valence-electron chi connectivity index (χ3n) is 4.70. The maximum atomic E-state index is 12.9. The molecule has 1 fully saturated rings. The number of aryl methyl sites for hydroxylation is 1. The highest BCUT2D eigenvalue weighted by atomic mass is 16.1. The van der Waals surface area contributed by atoms with Crippen molar-refractivity contribution >= 4 is 16.6 Å². The third kappa shape index (κ3) is 2.99. The zero-order valence-corrected chi connectivity index (χ0v) is 14.7. The summed E-state index contributed by atoms with van der Waals surface area (Å²) < 4.78 is 1.77. The molecule has 1 saturated heterocycles. The van der Waals surface area contributed by atoms with Gasteiger partial charge in [0, 0.05) is 36.9 Å². The van der Waals surface area contributed by atoms with E-state index in [1.54, 1.807) is 4.57 Å². The van der Waals surface area contributed by atoms with Crippen LogP contribution in [-0.4, -0.2) is 22.6 Å². The average molecular weight is 313 g/mol. The van der Waals surface area contributed by atoms with Gasteiger partial charge in [0.15, 0.2) is 0 Å². The fraction of sp³-hybridized carbons (Fsp3) is 0.579. The first-order valence-electron chi connectivity index (χ1n) is 8.71. The first-order valence-corrected chi connectivity index (χ1v) is 8.71. The Hall–Kier alpha value is -1.84. The van der Waals surface area contributed by atoms with Gasteiger partial charge in [-0.25, -0.2) is 4.98 Å². The molecule has 2 aromatic heterocycles. The molecule has 3 rings (SSSR count).